The summed E-state index contributed by atoms with van der Waals surface area (Å²) in [7, 11) is 0. The predicted molar refractivity (Wildman–Crippen MR) is 76.4 cm³/mol. The van der Waals surface area contributed by atoms with Crippen LogP contribution in [0.1, 0.15) is 37.8 Å². The van der Waals surface area contributed by atoms with E-state index in [2.05, 4.69) is 18.7 Å². The van der Waals surface area contributed by atoms with Gasteiger partial charge in [0.2, 0.25) is 0 Å². The third kappa shape index (κ3) is 3.13. The Hall–Kier alpha value is -1.42. The molecule has 1 aliphatic carbocycles. The van der Waals surface area contributed by atoms with Crippen molar-refractivity contribution in [2.45, 2.75) is 45.6 Å². The van der Waals surface area contributed by atoms with Gasteiger partial charge in [-0.2, -0.15) is 0 Å². The molecule has 0 aromatic heterocycles. The molecule has 0 spiro atoms. The molecule has 0 amide bonds. The first kappa shape index (κ1) is 14.0. The van der Waals surface area contributed by atoms with E-state index in [1.54, 1.807) is 12.1 Å². The van der Waals surface area contributed by atoms with Crippen molar-refractivity contribution in [3.63, 3.8) is 0 Å². The van der Waals surface area contributed by atoms with Gasteiger partial charge in [-0.25, -0.2) is 0 Å². The van der Waals surface area contributed by atoms with Gasteiger partial charge in [0.05, 0.1) is 4.92 Å². The van der Waals surface area contributed by atoms with Crippen LogP contribution in [0.2, 0.25) is 0 Å². The second-order valence-electron chi connectivity index (χ2n) is 5.16. The standard InChI is InChI=1S/C15H22N2O2/c1-3-16(4-2)14-8-5-12-6-10-15(17(18)19)11-13(12)7-9-14/h6,10-11,14H,3-5,7-9H2,1-2H3. The maximum absolute atomic E-state index is 10.8. The van der Waals surface area contributed by atoms with Gasteiger partial charge >= 0.3 is 0 Å². The van der Waals surface area contributed by atoms with Gasteiger partial charge in [-0.05, 0) is 49.9 Å². The molecule has 4 nitrogen and oxygen atoms in total. The number of fused-ring (bicyclic) bond motifs is 1. The zero-order chi connectivity index (χ0) is 13.8. The Morgan fingerprint density at radius 2 is 1.84 bits per heavy atom. The molecule has 19 heavy (non-hydrogen) atoms. The molecule has 0 heterocycles. The third-order valence-corrected chi connectivity index (χ3v) is 4.22. The fourth-order valence-corrected chi connectivity index (χ4v) is 3.10. The van der Waals surface area contributed by atoms with Gasteiger partial charge in [0.15, 0.2) is 0 Å². The van der Waals surface area contributed by atoms with Crippen LogP contribution >= 0.6 is 0 Å². The summed E-state index contributed by atoms with van der Waals surface area (Å²) in [6.45, 7) is 6.56. The highest BCUT2D eigenvalue weighted by Gasteiger charge is 2.21. The summed E-state index contributed by atoms with van der Waals surface area (Å²) < 4.78 is 0. The molecular formula is C15H22N2O2. The van der Waals surface area contributed by atoms with Crippen molar-refractivity contribution in [2.75, 3.05) is 13.1 Å². The van der Waals surface area contributed by atoms with Gasteiger partial charge in [-0.3, -0.25) is 10.1 Å². The van der Waals surface area contributed by atoms with Crippen LogP contribution in [0.15, 0.2) is 18.2 Å². The molecule has 0 fully saturated rings. The highest BCUT2D eigenvalue weighted by Crippen LogP contribution is 2.26. The van der Waals surface area contributed by atoms with E-state index in [9.17, 15) is 10.1 Å². The summed E-state index contributed by atoms with van der Waals surface area (Å²) in [5.74, 6) is 0. The molecule has 0 bridgehead atoms. The Labute approximate surface area is 114 Å². The first-order chi connectivity index (χ1) is 9.15. The van der Waals surface area contributed by atoms with Crippen LogP contribution < -0.4 is 0 Å². The summed E-state index contributed by atoms with van der Waals surface area (Å²) in [5.41, 5.74) is 2.68. The highest BCUT2D eigenvalue weighted by atomic mass is 16.6. The van der Waals surface area contributed by atoms with E-state index in [4.69, 9.17) is 0 Å². The molecule has 0 saturated heterocycles. The summed E-state index contributed by atoms with van der Waals surface area (Å²) in [6.07, 6.45) is 4.26. The maximum atomic E-state index is 10.8. The van der Waals surface area contributed by atoms with Crippen molar-refractivity contribution in [3.05, 3.63) is 39.4 Å². The topological polar surface area (TPSA) is 46.4 Å². The fraction of sp³-hybridized carbons (Fsp3) is 0.600. The number of nitro benzene ring substituents is 1. The lowest BCUT2D eigenvalue weighted by molar-refractivity contribution is -0.384. The predicted octanol–water partition coefficient (Wildman–Crippen LogP) is 3.18. The van der Waals surface area contributed by atoms with Gasteiger partial charge in [-0.1, -0.05) is 19.9 Å². The molecule has 0 aliphatic heterocycles. The maximum Gasteiger partial charge on any atom is 0.269 e. The van der Waals surface area contributed by atoms with E-state index in [1.807, 2.05) is 6.07 Å². The van der Waals surface area contributed by atoms with Crippen molar-refractivity contribution in [2.24, 2.45) is 0 Å². The van der Waals surface area contributed by atoms with E-state index in [0.29, 0.717) is 6.04 Å². The van der Waals surface area contributed by atoms with Crippen LogP contribution in [-0.2, 0) is 12.8 Å². The number of aryl methyl sites for hydroxylation is 2. The Morgan fingerprint density at radius 1 is 1.21 bits per heavy atom. The molecule has 1 aliphatic rings. The number of nitrogens with zero attached hydrogens (tertiary/aromatic N) is 2. The van der Waals surface area contributed by atoms with E-state index in [-0.39, 0.29) is 10.6 Å². The smallest absolute Gasteiger partial charge is 0.269 e. The van der Waals surface area contributed by atoms with Crippen LogP contribution in [0.5, 0.6) is 0 Å². The van der Waals surface area contributed by atoms with Gasteiger partial charge in [0.25, 0.3) is 5.69 Å². The number of hydrogen-bond acceptors (Lipinski definition) is 3. The Bertz CT molecular complexity index is 455. The number of hydrogen-bond donors (Lipinski definition) is 0. The Morgan fingerprint density at radius 3 is 2.42 bits per heavy atom. The van der Waals surface area contributed by atoms with E-state index in [1.165, 1.54) is 11.1 Å². The lowest BCUT2D eigenvalue weighted by Crippen LogP contribution is -2.35. The number of benzene rings is 1. The van der Waals surface area contributed by atoms with E-state index in [0.717, 1.165) is 38.8 Å². The first-order valence-electron chi connectivity index (χ1n) is 7.16. The molecule has 1 atom stereocenters. The minimum Gasteiger partial charge on any atom is -0.301 e. The normalized spacial score (nSPS) is 19.0. The Kier molecular flexibility index (Phi) is 4.53. The number of non-ortho nitro benzene ring substituents is 1. The second-order valence-corrected chi connectivity index (χ2v) is 5.16. The second kappa shape index (κ2) is 6.15. The van der Waals surface area contributed by atoms with Crippen molar-refractivity contribution in [1.82, 2.24) is 4.90 Å². The molecule has 104 valence electrons. The van der Waals surface area contributed by atoms with Crippen molar-refractivity contribution < 1.29 is 4.92 Å². The minimum absolute atomic E-state index is 0.222. The van der Waals surface area contributed by atoms with Gasteiger partial charge < -0.3 is 4.90 Å². The van der Waals surface area contributed by atoms with E-state index >= 15 is 0 Å². The number of rotatable bonds is 4. The molecule has 0 saturated carbocycles. The largest absolute Gasteiger partial charge is 0.301 e. The molecule has 0 N–H and O–H groups in total. The SMILES string of the molecule is CCN(CC)C1CCc2ccc([N+](=O)[O-])cc2CC1. The fourth-order valence-electron chi connectivity index (χ4n) is 3.10. The zero-order valence-corrected chi connectivity index (χ0v) is 11.8. The van der Waals surface area contributed by atoms with Crippen molar-refractivity contribution in [3.8, 4) is 0 Å². The monoisotopic (exact) mass is 262 g/mol. The lowest BCUT2D eigenvalue weighted by atomic mass is 10.0. The van der Waals surface area contributed by atoms with Crippen molar-refractivity contribution in [1.29, 1.82) is 0 Å². The first-order valence-corrected chi connectivity index (χ1v) is 7.16. The molecule has 1 aromatic rings. The van der Waals surface area contributed by atoms with Crippen LogP contribution in [0.25, 0.3) is 0 Å². The third-order valence-electron chi connectivity index (χ3n) is 4.22. The van der Waals surface area contributed by atoms with Crippen LogP contribution in [-0.4, -0.2) is 29.0 Å². The van der Waals surface area contributed by atoms with Crippen LogP contribution in [0.4, 0.5) is 5.69 Å². The molecule has 0 radical (unpaired) electrons. The Balaban J connectivity index is 2.15. The number of nitro groups is 1. The molecular weight excluding hydrogens is 240 g/mol. The van der Waals surface area contributed by atoms with Gasteiger partial charge in [-0.15, -0.1) is 0 Å². The summed E-state index contributed by atoms with van der Waals surface area (Å²) in [6, 6.07) is 5.95. The van der Waals surface area contributed by atoms with Crippen LogP contribution in [0.3, 0.4) is 0 Å². The minimum atomic E-state index is -0.299. The summed E-state index contributed by atoms with van der Waals surface area (Å²) >= 11 is 0. The quantitative estimate of drug-likeness (QED) is 0.475. The highest BCUT2D eigenvalue weighted by molar-refractivity contribution is 5.40. The summed E-state index contributed by atoms with van der Waals surface area (Å²) in [5, 5.41) is 10.8. The van der Waals surface area contributed by atoms with Crippen LogP contribution in [0, 0.1) is 10.1 Å². The van der Waals surface area contributed by atoms with Gasteiger partial charge in [0.1, 0.15) is 0 Å². The van der Waals surface area contributed by atoms with Crippen molar-refractivity contribution >= 4 is 5.69 Å². The molecule has 1 unspecified atom stereocenters. The van der Waals surface area contributed by atoms with Gasteiger partial charge in [0, 0.05) is 18.2 Å². The average molecular weight is 262 g/mol. The molecule has 4 heteroatoms. The summed E-state index contributed by atoms with van der Waals surface area (Å²) in [4.78, 5) is 13.0. The van der Waals surface area contributed by atoms with E-state index < -0.39 is 0 Å². The lowest BCUT2D eigenvalue weighted by Gasteiger charge is -2.28. The molecule has 2 rings (SSSR count). The molecule has 1 aromatic carbocycles. The average Bonchev–Trinajstić information content (AvgIpc) is 2.62. The zero-order valence-electron chi connectivity index (χ0n) is 11.8.